The first-order valence-electron chi connectivity index (χ1n) is 8.65. The first kappa shape index (κ1) is 18.1. The fourth-order valence-electron chi connectivity index (χ4n) is 3.10. The van der Waals surface area contributed by atoms with Crippen LogP contribution in [0.25, 0.3) is 5.69 Å². The van der Waals surface area contributed by atoms with Crippen molar-refractivity contribution in [3.8, 4) is 5.69 Å². The van der Waals surface area contributed by atoms with Gasteiger partial charge in [0.15, 0.2) is 5.82 Å². The second-order valence-corrected chi connectivity index (χ2v) is 8.29. The number of amides is 1. The smallest absolute Gasteiger partial charge is 0.261 e. The molecule has 10 heteroatoms. The van der Waals surface area contributed by atoms with E-state index in [9.17, 15) is 13.2 Å². The molecule has 2 heterocycles. The maximum absolute atomic E-state index is 12.9. The van der Waals surface area contributed by atoms with Crippen LogP contribution in [-0.4, -0.2) is 34.5 Å². The maximum atomic E-state index is 12.9. The number of hydrogen-bond donors (Lipinski definition) is 2. The van der Waals surface area contributed by atoms with E-state index in [-0.39, 0.29) is 10.8 Å². The van der Waals surface area contributed by atoms with Gasteiger partial charge in [-0.2, -0.15) is 4.68 Å². The molecule has 144 valence electrons. The second-order valence-electron chi connectivity index (χ2n) is 6.61. The van der Waals surface area contributed by atoms with E-state index in [1.807, 2.05) is 6.92 Å². The van der Waals surface area contributed by atoms with Crippen LogP contribution in [0.2, 0.25) is 0 Å². The van der Waals surface area contributed by atoms with Crippen LogP contribution in [0.5, 0.6) is 0 Å². The topological polar surface area (TPSA) is 119 Å². The third-order valence-corrected chi connectivity index (χ3v) is 5.98. The van der Waals surface area contributed by atoms with Crippen LogP contribution in [0.15, 0.2) is 41.3 Å². The molecule has 4 rings (SSSR count). The molecule has 0 radical (unpaired) electrons. The first-order chi connectivity index (χ1) is 13.3. The van der Waals surface area contributed by atoms with E-state index in [1.54, 1.807) is 41.9 Å². The summed E-state index contributed by atoms with van der Waals surface area (Å²) >= 11 is 0. The maximum Gasteiger partial charge on any atom is 0.261 e. The van der Waals surface area contributed by atoms with E-state index in [4.69, 9.17) is 0 Å². The summed E-state index contributed by atoms with van der Waals surface area (Å²) in [6.07, 6.45) is 0.855. The van der Waals surface area contributed by atoms with Crippen molar-refractivity contribution >= 4 is 27.3 Å². The quantitative estimate of drug-likeness (QED) is 0.693. The summed E-state index contributed by atoms with van der Waals surface area (Å²) in [6.45, 7) is 3.66. The number of aryl methyl sites for hydroxylation is 3. The molecule has 0 aliphatic carbocycles. The van der Waals surface area contributed by atoms with Gasteiger partial charge in [-0.05, 0) is 72.2 Å². The minimum absolute atomic E-state index is 0.0636. The highest BCUT2D eigenvalue weighted by molar-refractivity contribution is 7.92. The number of rotatable bonds is 4. The minimum atomic E-state index is -3.79. The van der Waals surface area contributed by atoms with Crippen molar-refractivity contribution in [2.75, 3.05) is 10.0 Å². The van der Waals surface area contributed by atoms with Gasteiger partial charge < -0.3 is 5.32 Å². The lowest BCUT2D eigenvalue weighted by Crippen LogP contribution is -2.20. The molecule has 0 bridgehead atoms. The molecule has 0 fully saturated rings. The number of anilines is 2. The van der Waals surface area contributed by atoms with Gasteiger partial charge in [0.25, 0.3) is 10.0 Å². The van der Waals surface area contributed by atoms with Gasteiger partial charge in [-0.15, -0.1) is 5.10 Å². The van der Waals surface area contributed by atoms with Crippen LogP contribution in [0.1, 0.15) is 23.4 Å². The van der Waals surface area contributed by atoms with Gasteiger partial charge in [-0.1, -0.05) is 6.07 Å². The number of sulfonamides is 1. The number of nitrogens with one attached hydrogen (secondary N) is 2. The van der Waals surface area contributed by atoms with Crippen molar-refractivity contribution in [3.63, 3.8) is 0 Å². The molecule has 0 saturated heterocycles. The molecule has 0 unspecified atom stereocenters. The second kappa shape index (κ2) is 6.71. The summed E-state index contributed by atoms with van der Waals surface area (Å²) in [4.78, 5) is 11.6. The average Bonchev–Trinajstić information content (AvgIpc) is 3.08. The minimum Gasteiger partial charge on any atom is -0.326 e. The van der Waals surface area contributed by atoms with Crippen LogP contribution in [0, 0.1) is 13.8 Å². The van der Waals surface area contributed by atoms with E-state index in [2.05, 4.69) is 25.6 Å². The largest absolute Gasteiger partial charge is 0.326 e. The Morgan fingerprint density at radius 2 is 1.93 bits per heavy atom. The van der Waals surface area contributed by atoms with Gasteiger partial charge in [0.1, 0.15) is 0 Å². The Balaban J connectivity index is 1.65. The Kier molecular flexibility index (Phi) is 4.34. The van der Waals surface area contributed by atoms with Gasteiger partial charge in [-0.25, -0.2) is 8.42 Å². The molecule has 2 aromatic carbocycles. The van der Waals surface area contributed by atoms with Crippen LogP contribution in [-0.2, 0) is 21.2 Å². The van der Waals surface area contributed by atoms with Crippen molar-refractivity contribution in [2.45, 2.75) is 31.6 Å². The van der Waals surface area contributed by atoms with Gasteiger partial charge in [0.05, 0.1) is 16.3 Å². The van der Waals surface area contributed by atoms with Gasteiger partial charge in [-0.3, -0.25) is 9.52 Å². The highest BCUT2D eigenvalue weighted by Gasteiger charge is 2.20. The Morgan fingerprint density at radius 3 is 2.68 bits per heavy atom. The number of nitrogens with zero attached hydrogens (tertiary/aromatic N) is 4. The van der Waals surface area contributed by atoms with Crippen LogP contribution in [0.3, 0.4) is 0 Å². The Bertz CT molecular complexity index is 1190. The molecule has 0 spiro atoms. The number of carbonyl (C=O) groups excluding carboxylic acids is 1. The van der Waals surface area contributed by atoms with E-state index in [0.717, 1.165) is 11.1 Å². The predicted molar refractivity (Wildman–Crippen MR) is 103 cm³/mol. The fourth-order valence-corrected chi connectivity index (χ4v) is 4.20. The van der Waals surface area contributed by atoms with E-state index >= 15 is 0 Å². The summed E-state index contributed by atoms with van der Waals surface area (Å²) in [5.74, 6) is 0.533. The molecular formula is C18H18N6O3S. The lowest BCUT2D eigenvalue weighted by atomic mass is 10.0. The monoisotopic (exact) mass is 398 g/mol. The molecule has 1 aliphatic heterocycles. The lowest BCUT2D eigenvalue weighted by Gasteiger charge is -2.18. The van der Waals surface area contributed by atoms with Crippen molar-refractivity contribution in [3.05, 3.63) is 53.3 Å². The van der Waals surface area contributed by atoms with Crippen molar-refractivity contribution in [2.24, 2.45) is 0 Å². The lowest BCUT2D eigenvalue weighted by molar-refractivity contribution is -0.116. The number of aromatic nitrogens is 4. The molecule has 1 aromatic heterocycles. The van der Waals surface area contributed by atoms with Gasteiger partial charge in [0, 0.05) is 12.1 Å². The predicted octanol–water partition coefficient (Wildman–Crippen LogP) is 1.96. The van der Waals surface area contributed by atoms with Crippen LogP contribution < -0.4 is 10.0 Å². The zero-order chi connectivity index (χ0) is 19.9. The Morgan fingerprint density at radius 1 is 1.11 bits per heavy atom. The molecule has 1 aliphatic rings. The summed E-state index contributed by atoms with van der Waals surface area (Å²) in [5, 5.41) is 14.2. The molecule has 2 N–H and O–H groups in total. The van der Waals surface area contributed by atoms with Crippen molar-refractivity contribution in [1.29, 1.82) is 0 Å². The standard InChI is InChI=1S/C18H18N6O3S/c1-11-3-5-14(10-17(11)24-12(2)20-22-23-24)21-28(26,27)15-6-7-16-13(9-15)4-8-18(25)19-16/h3,5-7,9-10,21H,4,8H2,1-2H3,(H,19,25). The van der Waals surface area contributed by atoms with Crippen LogP contribution in [0.4, 0.5) is 11.4 Å². The fraction of sp³-hybridized carbons (Fsp3) is 0.222. The Labute approximate surface area is 161 Å². The zero-order valence-corrected chi connectivity index (χ0v) is 16.1. The third kappa shape index (κ3) is 3.33. The number of tetrazole rings is 1. The molecule has 1 amide bonds. The molecule has 0 saturated carbocycles. The van der Waals surface area contributed by atoms with E-state index in [0.29, 0.717) is 35.7 Å². The highest BCUT2D eigenvalue weighted by Crippen LogP contribution is 2.27. The Hall–Kier alpha value is -3.27. The summed E-state index contributed by atoms with van der Waals surface area (Å²) in [5.41, 5.74) is 3.46. The highest BCUT2D eigenvalue weighted by atomic mass is 32.2. The van der Waals surface area contributed by atoms with Crippen LogP contribution >= 0.6 is 0 Å². The zero-order valence-electron chi connectivity index (χ0n) is 15.3. The van der Waals surface area contributed by atoms with E-state index < -0.39 is 10.0 Å². The SMILES string of the molecule is Cc1ccc(NS(=O)(=O)c2ccc3c(c2)CCC(=O)N3)cc1-n1nnnc1C. The summed E-state index contributed by atoms with van der Waals surface area (Å²) < 4.78 is 29.9. The average molecular weight is 398 g/mol. The molecular weight excluding hydrogens is 380 g/mol. The molecule has 28 heavy (non-hydrogen) atoms. The molecule has 9 nitrogen and oxygen atoms in total. The van der Waals surface area contributed by atoms with Gasteiger partial charge >= 0.3 is 0 Å². The van der Waals surface area contributed by atoms with Gasteiger partial charge in [0.2, 0.25) is 5.91 Å². The summed E-state index contributed by atoms with van der Waals surface area (Å²) in [6, 6.07) is 9.87. The summed E-state index contributed by atoms with van der Waals surface area (Å²) in [7, 11) is -3.79. The van der Waals surface area contributed by atoms with E-state index in [1.165, 1.54) is 6.07 Å². The van der Waals surface area contributed by atoms with Crippen molar-refractivity contribution < 1.29 is 13.2 Å². The molecule has 3 aromatic rings. The normalized spacial score (nSPS) is 13.7. The number of carbonyl (C=O) groups is 1. The third-order valence-electron chi connectivity index (χ3n) is 4.60. The number of hydrogen-bond acceptors (Lipinski definition) is 6. The van der Waals surface area contributed by atoms with Crippen molar-refractivity contribution in [1.82, 2.24) is 20.2 Å². The first-order valence-corrected chi connectivity index (χ1v) is 10.1. The number of benzene rings is 2. The number of fused-ring (bicyclic) bond motifs is 1. The molecule has 0 atom stereocenters.